The van der Waals surface area contributed by atoms with Crippen LogP contribution in [0.15, 0.2) is 0 Å². The SMILES string of the molecule is O=C(OCCCCBr)C(F)(F)CBr. The molecule has 0 N–H and O–H groups in total. The van der Waals surface area contributed by atoms with Crippen molar-refractivity contribution >= 4 is 37.8 Å². The highest BCUT2D eigenvalue weighted by Crippen LogP contribution is 2.18. The van der Waals surface area contributed by atoms with Gasteiger partial charge in [0.2, 0.25) is 0 Å². The smallest absolute Gasteiger partial charge is 0.377 e. The number of alkyl halides is 4. The van der Waals surface area contributed by atoms with E-state index in [0.29, 0.717) is 6.42 Å². The Morgan fingerprint density at radius 1 is 1.31 bits per heavy atom. The van der Waals surface area contributed by atoms with Gasteiger partial charge in [-0.05, 0) is 12.8 Å². The predicted octanol–water partition coefficient (Wildman–Crippen LogP) is 2.73. The standard InChI is InChI=1S/C7H10Br2F2O2/c8-3-1-2-4-13-6(12)7(10,11)5-9/h1-5H2. The van der Waals surface area contributed by atoms with Gasteiger partial charge >= 0.3 is 11.9 Å². The number of unbranched alkanes of at least 4 members (excludes halogenated alkanes) is 1. The topological polar surface area (TPSA) is 26.3 Å². The number of ether oxygens (including phenoxy) is 1. The molecule has 0 spiro atoms. The van der Waals surface area contributed by atoms with Crippen LogP contribution in [-0.4, -0.2) is 29.2 Å². The highest BCUT2D eigenvalue weighted by Gasteiger charge is 2.39. The van der Waals surface area contributed by atoms with Crippen molar-refractivity contribution in [3.63, 3.8) is 0 Å². The van der Waals surface area contributed by atoms with E-state index in [2.05, 4.69) is 36.6 Å². The Bertz CT molecular complexity index is 165. The zero-order chi connectivity index (χ0) is 10.3. The molecular formula is C7H10Br2F2O2. The summed E-state index contributed by atoms with van der Waals surface area (Å²) in [6.07, 6.45) is 1.39. The van der Waals surface area contributed by atoms with E-state index < -0.39 is 17.2 Å². The molecule has 0 atom stereocenters. The summed E-state index contributed by atoms with van der Waals surface area (Å²) in [6, 6.07) is 0. The summed E-state index contributed by atoms with van der Waals surface area (Å²) in [7, 11) is 0. The molecule has 0 fully saturated rings. The van der Waals surface area contributed by atoms with Gasteiger partial charge in [-0.1, -0.05) is 31.9 Å². The number of hydrogen-bond donors (Lipinski definition) is 0. The summed E-state index contributed by atoms with van der Waals surface area (Å²) in [5.41, 5.74) is 0. The lowest BCUT2D eigenvalue weighted by Gasteiger charge is -2.11. The first-order valence-corrected chi connectivity index (χ1v) is 5.96. The summed E-state index contributed by atoms with van der Waals surface area (Å²) in [5.74, 6) is -4.87. The molecular weight excluding hydrogens is 314 g/mol. The maximum Gasteiger partial charge on any atom is 0.377 e. The molecule has 6 heteroatoms. The second-order valence-corrected chi connectivity index (χ2v) is 3.72. The predicted molar refractivity (Wildman–Crippen MR) is 52.7 cm³/mol. The third-order valence-corrected chi connectivity index (χ3v) is 2.49. The lowest BCUT2D eigenvalue weighted by molar-refractivity contribution is -0.168. The lowest BCUT2D eigenvalue weighted by Crippen LogP contribution is -2.32. The molecule has 0 saturated carbocycles. The lowest BCUT2D eigenvalue weighted by atomic mass is 10.3. The maximum absolute atomic E-state index is 12.5. The van der Waals surface area contributed by atoms with Crippen molar-refractivity contribution in [1.29, 1.82) is 0 Å². The quantitative estimate of drug-likeness (QED) is 0.427. The van der Waals surface area contributed by atoms with Crippen LogP contribution in [0.3, 0.4) is 0 Å². The van der Waals surface area contributed by atoms with E-state index in [4.69, 9.17) is 0 Å². The average Bonchev–Trinajstić information content (AvgIpc) is 2.12. The molecule has 0 aliphatic rings. The third kappa shape index (κ3) is 5.57. The molecule has 0 radical (unpaired) electrons. The first kappa shape index (κ1) is 13.3. The van der Waals surface area contributed by atoms with E-state index in [1.54, 1.807) is 0 Å². The minimum atomic E-state index is -3.41. The second-order valence-electron chi connectivity index (χ2n) is 2.37. The van der Waals surface area contributed by atoms with Gasteiger partial charge in [-0.3, -0.25) is 0 Å². The van der Waals surface area contributed by atoms with Crippen LogP contribution < -0.4 is 0 Å². The van der Waals surface area contributed by atoms with Gasteiger partial charge in [0, 0.05) is 5.33 Å². The van der Waals surface area contributed by atoms with Crippen LogP contribution in [0.25, 0.3) is 0 Å². The Balaban J connectivity index is 3.62. The first-order valence-electron chi connectivity index (χ1n) is 3.71. The molecule has 0 amide bonds. The highest BCUT2D eigenvalue weighted by atomic mass is 79.9. The van der Waals surface area contributed by atoms with Crippen LogP contribution in [0.1, 0.15) is 12.8 Å². The van der Waals surface area contributed by atoms with E-state index in [9.17, 15) is 13.6 Å². The molecule has 0 aromatic heterocycles. The van der Waals surface area contributed by atoms with Crippen molar-refractivity contribution in [2.45, 2.75) is 18.8 Å². The molecule has 0 unspecified atom stereocenters. The van der Waals surface area contributed by atoms with Crippen molar-refractivity contribution in [3.8, 4) is 0 Å². The molecule has 0 rings (SSSR count). The Morgan fingerprint density at radius 3 is 2.38 bits per heavy atom. The normalized spacial score (nSPS) is 11.4. The van der Waals surface area contributed by atoms with E-state index >= 15 is 0 Å². The van der Waals surface area contributed by atoms with Crippen LogP contribution in [0.4, 0.5) is 8.78 Å². The molecule has 0 aliphatic heterocycles. The molecule has 2 nitrogen and oxygen atoms in total. The van der Waals surface area contributed by atoms with E-state index in [-0.39, 0.29) is 6.61 Å². The van der Waals surface area contributed by atoms with Crippen molar-refractivity contribution in [1.82, 2.24) is 0 Å². The van der Waals surface area contributed by atoms with Gasteiger partial charge in [0.25, 0.3) is 0 Å². The Labute approximate surface area is 92.3 Å². The van der Waals surface area contributed by atoms with Crippen molar-refractivity contribution in [2.75, 3.05) is 17.3 Å². The molecule has 0 saturated heterocycles. The van der Waals surface area contributed by atoms with E-state index in [1.165, 1.54) is 0 Å². The number of rotatable bonds is 6. The van der Waals surface area contributed by atoms with Gasteiger partial charge in [-0.2, -0.15) is 8.78 Å². The first-order chi connectivity index (χ1) is 6.04. The minimum absolute atomic E-state index is 0.0486. The molecule has 0 aromatic rings. The highest BCUT2D eigenvalue weighted by molar-refractivity contribution is 9.09. The zero-order valence-electron chi connectivity index (χ0n) is 6.86. The van der Waals surface area contributed by atoms with Crippen LogP contribution in [-0.2, 0) is 9.53 Å². The number of halogens is 4. The van der Waals surface area contributed by atoms with Gasteiger partial charge in [0.05, 0.1) is 11.9 Å². The van der Waals surface area contributed by atoms with Crippen LogP contribution >= 0.6 is 31.9 Å². The van der Waals surface area contributed by atoms with Crippen LogP contribution in [0.2, 0.25) is 0 Å². The number of carbonyl (C=O) groups is 1. The van der Waals surface area contributed by atoms with Crippen LogP contribution in [0.5, 0.6) is 0 Å². The Hall–Kier alpha value is 0.290. The van der Waals surface area contributed by atoms with Gasteiger partial charge in [-0.25, -0.2) is 4.79 Å². The van der Waals surface area contributed by atoms with Gasteiger partial charge in [0.15, 0.2) is 0 Å². The molecule has 0 aliphatic carbocycles. The monoisotopic (exact) mass is 322 g/mol. The fraction of sp³-hybridized carbons (Fsp3) is 0.857. The number of hydrogen-bond acceptors (Lipinski definition) is 2. The maximum atomic E-state index is 12.5. The molecule has 0 bridgehead atoms. The van der Waals surface area contributed by atoms with Gasteiger partial charge in [-0.15, -0.1) is 0 Å². The molecule has 13 heavy (non-hydrogen) atoms. The Kier molecular flexibility index (Phi) is 6.85. The second kappa shape index (κ2) is 6.70. The third-order valence-electron chi connectivity index (χ3n) is 1.23. The van der Waals surface area contributed by atoms with Crippen molar-refractivity contribution in [3.05, 3.63) is 0 Å². The fourth-order valence-electron chi connectivity index (χ4n) is 0.522. The fourth-order valence-corrected chi connectivity index (χ4v) is 1.15. The summed E-state index contributed by atoms with van der Waals surface area (Å²) in [4.78, 5) is 10.6. The minimum Gasteiger partial charge on any atom is -0.461 e. The summed E-state index contributed by atoms with van der Waals surface area (Å²) in [5, 5.41) is 0.0800. The largest absolute Gasteiger partial charge is 0.461 e. The number of carbonyl (C=O) groups excluding carboxylic acids is 1. The molecule has 0 heterocycles. The zero-order valence-corrected chi connectivity index (χ0v) is 10.0. The summed E-state index contributed by atoms with van der Waals surface area (Å²) >= 11 is 5.71. The molecule has 78 valence electrons. The average molecular weight is 324 g/mol. The van der Waals surface area contributed by atoms with E-state index in [0.717, 1.165) is 11.8 Å². The van der Waals surface area contributed by atoms with Crippen LogP contribution in [0, 0.1) is 0 Å². The van der Waals surface area contributed by atoms with Gasteiger partial charge < -0.3 is 4.74 Å². The summed E-state index contributed by atoms with van der Waals surface area (Å²) in [6.45, 7) is 0.0486. The molecule has 0 aromatic carbocycles. The number of esters is 1. The van der Waals surface area contributed by atoms with Crippen molar-refractivity contribution < 1.29 is 18.3 Å². The van der Waals surface area contributed by atoms with Crippen molar-refractivity contribution in [2.24, 2.45) is 0 Å². The van der Waals surface area contributed by atoms with E-state index in [1.807, 2.05) is 0 Å². The Morgan fingerprint density at radius 2 is 1.92 bits per heavy atom. The van der Waals surface area contributed by atoms with Gasteiger partial charge in [0.1, 0.15) is 0 Å². The summed E-state index contributed by atoms with van der Waals surface area (Å²) < 4.78 is 29.4.